The van der Waals surface area contributed by atoms with Crippen molar-refractivity contribution in [3.05, 3.63) is 144 Å². The number of amides is 4. The van der Waals surface area contributed by atoms with E-state index < -0.39 is 47.8 Å². The summed E-state index contributed by atoms with van der Waals surface area (Å²) in [5.41, 5.74) is 0.190. The highest BCUT2D eigenvalue weighted by atomic mass is 16.6. The fourth-order valence-electron chi connectivity index (χ4n) is 4.04. The van der Waals surface area contributed by atoms with Crippen molar-refractivity contribution in [1.29, 1.82) is 0 Å². The summed E-state index contributed by atoms with van der Waals surface area (Å²) in [6.45, 7) is 2.42. The van der Waals surface area contributed by atoms with Gasteiger partial charge in [-0.2, -0.15) is 10.0 Å². The van der Waals surface area contributed by atoms with Crippen molar-refractivity contribution in [1.82, 2.24) is 10.0 Å². The zero-order valence-electron chi connectivity index (χ0n) is 23.9. The molecule has 0 saturated carbocycles. The van der Waals surface area contributed by atoms with Crippen LogP contribution in [0, 0.1) is 0 Å². The Balaban J connectivity index is 1.75. The van der Waals surface area contributed by atoms with Crippen molar-refractivity contribution in [2.24, 2.45) is 0 Å². The van der Waals surface area contributed by atoms with Gasteiger partial charge in [0.2, 0.25) is 0 Å². The predicted octanol–water partition coefficient (Wildman–Crippen LogP) is 4.73. The minimum Gasteiger partial charge on any atom is -0.449 e. The highest BCUT2D eigenvalue weighted by Gasteiger charge is 2.43. The van der Waals surface area contributed by atoms with Gasteiger partial charge in [0.05, 0.1) is 11.1 Å². The standard InChI is InChI=1S/C34H28N2O8/c1-23(43-33(41)27-19-11-5-12-20-27)29(37)35(31(39)25-15-7-3-8-16-25)36(32(40)26-17-9-4-10-18-26)30(38)24(2)44-34(42)28-21-13-6-14-22-28/h3-24H,1-2H3/t23-,24-/m1/s1. The Labute approximate surface area is 253 Å². The molecule has 0 fully saturated rings. The summed E-state index contributed by atoms with van der Waals surface area (Å²) in [5, 5.41) is 0.644. The van der Waals surface area contributed by atoms with E-state index in [0.717, 1.165) is 0 Å². The van der Waals surface area contributed by atoms with Gasteiger partial charge in [-0.05, 0) is 62.4 Å². The van der Waals surface area contributed by atoms with Gasteiger partial charge in [-0.15, -0.1) is 0 Å². The van der Waals surface area contributed by atoms with Crippen molar-refractivity contribution >= 4 is 35.6 Å². The number of benzene rings is 4. The van der Waals surface area contributed by atoms with Gasteiger partial charge in [0, 0.05) is 11.1 Å². The highest BCUT2D eigenvalue weighted by Crippen LogP contribution is 2.19. The average Bonchev–Trinajstić information content (AvgIpc) is 3.07. The van der Waals surface area contributed by atoms with E-state index in [1.807, 2.05) is 0 Å². The number of rotatable bonds is 8. The summed E-state index contributed by atoms with van der Waals surface area (Å²) < 4.78 is 10.7. The molecule has 0 aliphatic rings. The molecule has 0 aliphatic heterocycles. The monoisotopic (exact) mass is 592 g/mol. The summed E-state index contributed by atoms with van der Waals surface area (Å²) >= 11 is 0. The molecular weight excluding hydrogens is 564 g/mol. The van der Waals surface area contributed by atoms with Crippen LogP contribution in [0.2, 0.25) is 0 Å². The van der Waals surface area contributed by atoms with Gasteiger partial charge >= 0.3 is 11.9 Å². The van der Waals surface area contributed by atoms with Crippen LogP contribution < -0.4 is 0 Å². The zero-order valence-corrected chi connectivity index (χ0v) is 23.9. The lowest BCUT2D eigenvalue weighted by atomic mass is 10.1. The molecule has 0 spiro atoms. The molecule has 222 valence electrons. The topological polar surface area (TPSA) is 127 Å². The summed E-state index contributed by atoms with van der Waals surface area (Å²) in [6.07, 6.45) is -3.26. The summed E-state index contributed by atoms with van der Waals surface area (Å²) in [7, 11) is 0. The maximum Gasteiger partial charge on any atom is 0.338 e. The number of hydrazine groups is 1. The number of hydrogen-bond acceptors (Lipinski definition) is 8. The molecule has 2 atom stereocenters. The molecule has 0 radical (unpaired) electrons. The maximum atomic E-state index is 13.9. The van der Waals surface area contributed by atoms with Crippen LogP contribution in [0.15, 0.2) is 121 Å². The van der Waals surface area contributed by atoms with Crippen molar-refractivity contribution in [3.8, 4) is 0 Å². The molecule has 4 aromatic rings. The molecular formula is C34H28N2O8. The van der Waals surface area contributed by atoms with Crippen LogP contribution in [-0.4, -0.2) is 57.8 Å². The second-order valence-electron chi connectivity index (χ2n) is 9.47. The Morgan fingerprint density at radius 3 is 0.955 bits per heavy atom. The minimum atomic E-state index is -1.63. The molecule has 4 aromatic carbocycles. The van der Waals surface area contributed by atoms with E-state index in [1.165, 1.54) is 86.6 Å². The maximum absolute atomic E-state index is 13.9. The third kappa shape index (κ3) is 7.29. The van der Waals surface area contributed by atoms with E-state index in [-0.39, 0.29) is 22.3 Å². The molecule has 4 amide bonds. The zero-order chi connectivity index (χ0) is 31.6. The molecule has 0 aromatic heterocycles. The average molecular weight is 593 g/mol. The van der Waals surface area contributed by atoms with E-state index in [1.54, 1.807) is 48.5 Å². The first-order valence-electron chi connectivity index (χ1n) is 13.6. The summed E-state index contributed by atoms with van der Waals surface area (Å²) in [6, 6.07) is 30.6. The molecule has 44 heavy (non-hydrogen) atoms. The van der Waals surface area contributed by atoms with Crippen LogP contribution in [-0.2, 0) is 19.1 Å². The lowest BCUT2D eigenvalue weighted by Gasteiger charge is -2.34. The highest BCUT2D eigenvalue weighted by molar-refractivity contribution is 6.14. The number of esters is 2. The Morgan fingerprint density at radius 2 is 0.682 bits per heavy atom. The SMILES string of the molecule is C[C@@H](OC(=O)c1ccccc1)C(=O)N(C(=O)c1ccccc1)N(C(=O)c1ccccc1)C(=O)[C@@H](C)OC(=O)c1ccccc1. The number of carbonyl (C=O) groups excluding carboxylic acids is 6. The second kappa shape index (κ2) is 14.3. The van der Waals surface area contributed by atoms with Crippen LogP contribution in [0.3, 0.4) is 0 Å². The molecule has 0 unspecified atom stereocenters. The van der Waals surface area contributed by atoms with Gasteiger partial charge in [0.15, 0.2) is 12.2 Å². The fraction of sp³-hybridized carbons (Fsp3) is 0.118. The first-order valence-corrected chi connectivity index (χ1v) is 13.6. The molecule has 10 heteroatoms. The lowest BCUT2D eigenvalue weighted by molar-refractivity contribution is -0.161. The van der Waals surface area contributed by atoms with Crippen LogP contribution in [0.1, 0.15) is 55.3 Å². The summed E-state index contributed by atoms with van der Waals surface area (Å²) in [5.74, 6) is -6.23. The minimum absolute atomic E-state index is 0.0463. The molecule has 0 bridgehead atoms. The third-order valence-electron chi connectivity index (χ3n) is 6.33. The Morgan fingerprint density at radius 1 is 0.432 bits per heavy atom. The molecule has 0 aliphatic carbocycles. The van der Waals surface area contributed by atoms with Crippen molar-refractivity contribution < 1.29 is 38.2 Å². The van der Waals surface area contributed by atoms with Crippen LogP contribution in [0.5, 0.6) is 0 Å². The van der Waals surface area contributed by atoms with Crippen molar-refractivity contribution in [2.75, 3.05) is 0 Å². The number of hydrogen-bond donors (Lipinski definition) is 0. The smallest absolute Gasteiger partial charge is 0.338 e. The van der Waals surface area contributed by atoms with Crippen LogP contribution in [0.4, 0.5) is 0 Å². The first kappa shape index (κ1) is 31.0. The van der Waals surface area contributed by atoms with E-state index in [0.29, 0.717) is 10.0 Å². The molecule has 0 N–H and O–H groups in total. The summed E-state index contributed by atoms with van der Waals surface area (Å²) in [4.78, 5) is 81.2. The van der Waals surface area contributed by atoms with E-state index >= 15 is 0 Å². The Kier molecular flexibility index (Phi) is 10.1. The number of imide groups is 2. The van der Waals surface area contributed by atoms with Crippen molar-refractivity contribution in [3.63, 3.8) is 0 Å². The fourth-order valence-corrected chi connectivity index (χ4v) is 4.04. The Hall–Kier alpha value is -5.90. The van der Waals surface area contributed by atoms with E-state index in [4.69, 9.17) is 9.47 Å². The molecule has 0 saturated heterocycles. The van der Waals surface area contributed by atoms with E-state index in [9.17, 15) is 28.8 Å². The lowest BCUT2D eigenvalue weighted by Crippen LogP contribution is -2.60. The van der Waals surface area contributed by atoms with Crippen LogP contribution >= 0.6 is 0 Å². The molecule has 4 rings (SSSR count). The normalized spacial score (nSPS) is 11.8. The second-order valence-corrected chi connectivity index (χ2v) is 9.47. The number of carbonyl (C=O) groups is 6. The van der Waals surface area contributed by atoms with Gasteiger partial charge < -0.3 is 9.47 Å². The van der Waals surface area contributed by atoms with Gasteiger partial charge in [0.25, 0.3) is 23.6 Å². The third-order valence-corrected chi connectivity index (χ3v) is 6.33. The largest absolute Gasteiger partial charge is 0.449 e. The number of ether oxygens (including phenoxy) is 2. The first-order chi connectivity index (χ1) is 21.2. The van der Waals surface area contributed by atoms with Gasteiger partial charge in [-0.25, -0.2) is 9.59 Å². The Bertz CT molecular complexity index is 1520. The van der Waals surface area contributed by atoms with Gasteiger partial charge in [-0.3, -0.25) is 19.2 Å². The predicted molar refractivity (Wildman–Crippen MR) is 158 cm³/mol. The molecule has 0 heterocycles. The van der Waals surface area contributed by atoms with Gasteiger partial charge in [0.1, 0.15) is 0 Å². The van der Waals surface area contributed by atoms with Crippen molar-refractivity contribution in [2.45, 2.75) is 26.1 Å². The number of nitrogens with zero attached hydrogens (tertiary/aromatic N) is 2. The van der Waals surface area contributed by atoms with E-state index in [2.05, 4.69) is 0 Å². The quantitative estimate of drug-likeness (QED) is 0.212. The van der Waals surface area contributed by atoms with Gasteiger partial charge in [-0.1, -0.05) is 72.8 Å². The van der Waals surface area contributed by atoms with Crippen LogP contribution in [0.25, 0.3) is 0 Å². The molecule has 10 nitrogen and oxygen atoms in total.